The minimum absolute atomic E-state index is 0. The highest BCUT2D eigenvalue weighted by molar-refractivity contribution is 5.92. The highest BCUT2D eigenvalue weighted by Gasteiger charge is 2.27. The zero-order valence-corrected chi connectivity index (χ0v) is 15.8. The van der Waals surface area contributed by atoms with E-state index in [9.17, 15) is 14.0 Å². The van der Waals surface area contributed by atoms with Crippen LogP contribution in [0.5, 0.6) is 0 Å². The number of carbonyl (C=O) groups excluding carboxylic acids is 1. The van der Waals surface area contributed by atoms with E-state index in [4.69, 9.17) is 5.73 Å². The molecule has 1 aromatic heterocycles. The summed E-state index contributed by atoms with van der Waals surface area (Å²) in [6.07, 6.45) is 0.715. The summed E-state index contributed by atoms with van der Waals surface area (Å²) in [5.74, 6) is -0.475. The topological polar surface area (TPSA) is 90.0 Å². The number of aromatic nitrogens is 2. The van der Waals surface area contributed by atoms with Gasteiger partial charge in [-0.15, -0.1) is 12.4 Å². The van der Waals surface area contributed by atoms with Crippen LogP contribution in [0.15, 0.2) is 41.2 Å². The van der Waals surface area contributed by atoms with Crippen LogP contribution in [-0.4, -0.2) is 27.8 Å². The van der Waals surface area contributed by atoms with Crippen molar-refractivity contribution in [3.05, 3.63) is 58.3 Å². The fourth-order valence-corrected chi connectivity index (χ4v) is 2.72. The molecule has 1 atom stereocenters. The smallest absolute Gasteiger partial charge is 0.272 e. The van der Waals surface area contributed by atoms with Crippen LogP contribution in [0.2, 0.25) is 0 Å². The van der Waals surface area contributed by atoms with E-state index >= 15 is 0 Å². The number of hydrogen-bond acceptors (Lipinski definition) is 4. The van der Waals surface area contributed by atoms with E-state index in [1.165, 1.54) is 36.4 Å². The molecule has 1 heterocycles. The summed E-state index contributed by atoms with van der Waals surface area (Å²) in [6, 6.07) is 7.93. The maximum atomic E-state index is 13.1. The van der Waals surface area contributed by atoms with Gasteiger partial charge in [0.2, 0.25) is 0 Å². The van der Waals surface area contributed by atoms with Crippen molar-refractivity contribution in [2.24, 2.45) is 11.7 Å². The summed E-state index contributed by atoms with van der Waals surface area (Å²) in [4.78, 5) is 24.6. The van der Waals surface area contributed by atoms with Gasteiger partial charge >= 0.3 is 0 Å². The Kier molecular flexibility index (Phi) is 7.47. The maximum Gasteiger partial charge on any atom is 0.272 e. The first-order chi connectivity index (χ1) is 11.7. The van der Waals surface area contributed by atoms with Crippen LogP contribution in [0.25, 0.3) is 5.69 Å². The Hall–Kier alpha value is -2.25. The molecule has 0 fully saturated rings. The molecule has 2 aromatic rings. The average Bonchev–Trinajstić information content (AvgIpc) is 2.55. The molecule has 8 heteroatoms. The number of benzene rings is 1. The second-order valence-corrected chi connectivity index (χ2v) is 6.76. The summed E-state index contributed by atoms with van der Waals surface area (Å²) < 4.78 is 14.1. The highest BCUT2D eigenvalue weighted by atomic mass is 35.5. The van der Waals surface area contributed by atoms with Crippen LogP contribution < -0.4 is 16.6 Å². The molecule has 0 radical (unpaired) electrons. The number of nitrogens with zero attached hydrogens (tertiary/aromatic N) is 2. The van der Waals surface area contributed by atoms with E-state index in [1.807, 2.05) is 20.8 Å². The van der Waals surface area contributed by atoms with Crippen molar-refractivity contribution in [1.29, 1.82) is 0 Å². The molecule has 26 heavy (non-hydrogen) atoms. The Morgan fingerprint density at radius 1 is 1.27 bits per heavy atom. The van der Waals surface area contributed by atoms with Gasteiger partial charge in [0.1, 0.15) is 11.5 Å². The molecule has 142 valence electrons. The zero-order chi connectivity index (χ0) is 18.6. The molecule has 6 nitrogen and oxygen atoms in total. The second-order valence-electron chi connectivity index (χ2n) is 6.76. The molecule has 0 aliphatic heterocycles. The molecule has 0 bridgehead atoms. The number of rotatable bonds is 6. The van der Waals surface area contributed by atoms with Crippen molar-refractivity contribution in [1.82, 2.24) is 15.1 Å². The molecule has 1 unspecified atom stereocenters. The third-order valence-corrected chi connectivity index (χ3v) is 3.83. The number of carbonyl (C=O) groups is 1. The molecule has 1 aromatic carbocycles. The van der Waals surface area contributed by atoms with Crippen molar-refractivity contribution >= 4 is 18.3 Å². The first kappa shape index (κ1) is 21.8. The molecule has 2 rings (SSSR count). The lowest BCUT2D eigenvalue weighted by molar-refractivity contribution is 0.0891. The van der Waals surface area contributed by atoms with Crippen LogP contribution in [0, 0.1) is 11.7 Å². The number of amides is 1. The molecule has 0 aliphatic carbocycles. The standard InChI is InChI=1S/C18H23FN4O2.ClH/c1-12(2)10-18(3,11-20)21-17(25)15-8-9-16(24)23(22-15)14-6-4-13(19)5-7-14;/h4-9,12H,10-11,20H2,1-3H3,(H,21,25);1H. The van der Waals surface area contributed by atoms with E-state index in [-0.39, 0.29) is 24.6 Å². The normalized spacial score (nSPS) is 13.0. The predicted octanol–water partition coefficient (Wildman–Crippen LogP) is 2.29. The van der Waals surface area contributed by atoms with Gasteiger partial charge in [0, 0.05) is 12.6 Å². The van der Waals surface area contributed by atoms with Crippen molar-refractivity contribution in [2.45, 2.75) is 32.7 Å². The van der Waals surface area contributed by atoms with Gasteiger partial charge < -0.3 is 11.1 Å². The Labute approximate surface area is 158 Å². The van der Waals surface area contributed by atoms with E-state index in [1.54, 1.807) is 0 Å². The molecule has 0 spiro atoms. The third kappa shape index (κ3) is 5.37. The Balaban J connectivity index is 0.00000338. The average molecular weight is 383 g/mol. The van der Waals surface area contributed by atoms with Crippen molar-refractivity contribution in [2.75, 3.05) is 6.54 Å². The van der Waals surface area contributed by atoms with Gasteiger partial charge in [-0.1, -0.05) is 13.8 Å². The fraction of sp³-hybridized carbons (Fsp3) is 0.389. The minimum Gasteiger partial charge on any atom is -0.344 e. The number of halogens is 2. The lowest BCUT2D eigenvalue weighted by atomic mass is 9.90. The monoisotopic (exact) mass is 382 g/mol. The quantitative estimate of drug-likeness (QED) is 0.802. The highest BCUT2D eigenvalue weighted by Crippen LogP contribution is 2.16. The molecule has 0 saturated carbocycles. The van der Waals surface area contributed by atoms with Gasteiger partial charge in [-0.25, -0.2) is 4.39 Å². The third-order valence-electron chi connectivity index (χ3n) is 3.83. The first-order valence-corrected chi connectivity index (χ1v) is 8.13. The first-order valence-electron chi connectivity index (χ1n) is 8.13. The summed E-state index contributed by atoms with van der Waals surface area (Å²) in [6.45, 7) is 6.26. The maximum absolute atomic E-state index is 13.1. The molecular formula is C18H24ClFN4O2. The van der Waals surface area contributed by atoms with Crippen LogP contribution in [0.4, 0.5) is 4.39 Å². The molecule has 0 aliphatic rings. The lowest BCUT2D eigenvalue weighted by Gasteiger charge is -2.31. The minimum atomic E-state index is -0.566. The second kappa shape index (κ2) is 8.91. The van der Waals surface area contributed by atoms with E-state index < -0.39 is 22.8 Å². The van der Waals surface area contributed by atoms with Crippen molar-refractivity contribution in [3.8, 4) is 5.69 Å². The molecule has 3 N–H and O–H groups in total. The van der Waals surface area contributed by atoms with Gasteiger partial charge in [0.15, 0.2) is 0 Å². The largest absolute Gasteiger partial charge is 0.344 e. The SMILES string of the molecule is CC(C)CC(C)(CN)NC(=O)c1ccc(=O)n(-c2ccc(F)cc2)n1.Cl. The summed E-state index contributed by atoms with van der Waals surface area (Å²) >= 11 is 0. The van der Waals surface area contributed by atoms with E-state index in [0.29, 0.717) is 18.0 Å². The lowest BCUT2D eigenvalue weighted by Crippen LogP contribution is -2.52. The number of hydrogen-bond donors (Lipinski definition) is 2. The van der Waals surface area contributed by atoms with Crippen LogP contribution >= 0.6 is 12.4 Å². The summed E-state index contributed by atoms with van der Waals surface area (Å²) in [5.41, 5.74) is 5.31. The van der Waals surface area contributed by atoms with Crippen molar-refractivity contribution < 1.29 is 9.18 Å². The van der Waals surface area contributed by atoms with Crippen LogP contribution in [-0.2, 0) is 0 Å². The summed E-state index contributed by atoms with van der Waals surface area (Å²) in [5, 5.41) is 6.99. The van der Waals surface area contributed by atoms with Gasteiger partial charge in [0.05, 0.1) is 11.2 Å². The Morgan fingerprint density at radius 3 is 2.42 bits per heavy atom. The molecule has 1 amide bonds. The number of nitrogens with one attached hydrogen (secondary N) is 1. The predicted molar refractivity (Wildman–Crippen MR) is 101 cm³/mol. The van der Waals surface area contributed by atoms with Gasteiger partial charge in [0.25, 0.3) is 11.5 Å². The van der Waals surface area contributed by atoms with Crippen LogP contribution in [0.3, 0.4) is 0 Å². The van der Waals surface area contributed by atoms with Crippen LogP contribution in [0.1, 0.15) is 37.7 Å². The Morgan fingerprint density at radius 2 is 1.88 bits per heavy atom. The summed E-state index contributed by atoms with van der Waals surface area (Å²) in [7, 11) is 0. The zero-order valence-electron chi connectivity index (χ0n) is 15.0. The molecular weight excluding hydrogens is 359 g/mol. The molecule has 0 saturated heterocycles. The van der Waals surface area contributed by atoms with Crippen molar-refractivity contribution in [3.63, 3.8) is 0 Å². The van der Waals surface area contributed by atoms with Gasteiger partial charge in [-0.05, 0) is 49.6 Å². The Bertz CT molecular complexity index is 808. The van der Waals surface area contributed by atoms with E-state index in [0.717, 1.165) is 4.68 Å². The fourth-order valence-electron chi connectivity index (χ4n) is 2.72. The number of nitrogens with two attached hydrogens (primary N) is 1. The van der Waals surface area contributed by atoms with Gasteiger partial charge in [-0.3, -0.25) is 9.59 Å². The van der Waals surface area contributed by atoms with E-state index in [2.05, 4.69) is 10.4 Å². The van der Waals surface area contributed by atoms with Gasteiger partial charge in [-0.2, -0.15) is 9.78 Å².